The number of aromatic nitrogens is 1. The van der Waals surface area contributed by atoms with E-state index in [1.54, 1.807) is 4.40 Å². The second kappa shape index (κ2) is 7.39. The Morgan fingerprint density at radius 2 is 0.952 bits per heavy atom. The Bertz CT molecular complexity index is 2580. The summed E-state index contributed by atoms with van der Waals surface area (Å²) in [5.74, 6) is 0. The molecular formula is C39H21NO2. The smallest absolute Gasteiger partial charge is 0.263 e. The molecule has 194 valence electrons. The molecule has 42 heavy (non-hydrogen) atoms. The quantitative estimate of drug-likeness (QED) is 0.146. The van der Waals surface area contributed by atoms with Crippen molar-refractivity contribution in [2.24, 2.45) is 0 Å². The van der Waals surface area contributed by atoms with Crippen molar-refractivity contribution in [3.8, 4) is 22.3 Å². The van der Waals surface area contributed by atoms with E-state index in [4.69, 9.17) is 0 Å². The number of hydrogen-bond acceptors (Lipinski definition) is 2. The molecule has 0 saturated heterocycles. The van der Waals surface area contributed by atoms with Gasteiger partial charge in [0.15, 0.2) is 5.43 Å². The van der Waals surface area contributed by atoms with Gasteiger partial charge in [-0.05, 0) is 74.2 Å². The number of hydrogen-bond donors (Lipinski definition) is 0. The molecule has 10 rings (SSSR count). The average Bonchev–Trinajstić information content (AvgIpc) is 3.51. The summed E-state index contributed by atoms with van der Waals surface area (Å²) in [7, 11) is 0. The van der Waals surface area contributed by atoms with Gasteiger partial charge >= 0.3 is 0 Å². The molecule has 2 aliphatic carbocycles. The molecule has 0 radical (unpaired) electrons. The van der Waals surface area contributed by atoms with E-state index in [-0.39, 0.29) is 11.0 Å². The SMILES string of the molecule is O=c1c2cc3c(cc2n2c(=O)c4ccccc4c4cccc1c42)-c1ccccc1C31c2ccccc2-c2ccccc21. The highest BCUT2D eigenvalue weighted by Crippen LogP contribution is 2.63. The van der Waals surface area contributed by atoms with Crippen molar-refractivity contribution in [3.63, 3.8) is 0 Å². The predicted octanol–water partition coefficient (Wildman–Crippen LogP) is 7.90. The first-order chi connectivity index (χ1) is 20.7. The van der Waals surface area contributed by atoms with Crippen LogP contribution in [0.1, 0.15) is 22.3 Å². The number of rotatable bonds is 0. The highest BCUT2D eigenvalue weighted by molar-refractivity contribution is 6.14. The average molecular weight is 536 g/mol. The lowest BCUT2D eigenvalue weighted by Gasteiger charge is -2.30. The Morgan fingerprint density at radius 3 is 1.62 bits per heavy atom. The van der Waals surface area contributed by atoms with Crippen LogP contribution in [0.2, 0.25) is 0 Å². The predicted molar refractivity (Wildman–Crippen MR) is 170 cm³/mol. The molecule has 0 fully saturated rings. The molecule has 0 atom stereocenters. The van der Waals surface area contributed by atoms with E-state index in [0.29, 0.717) is 27.2 Å². The molecule has 0 amide bonds. The lowest BCUT2D eigenvalue weighted by molar-refractivity contribution is 0.795. The summed E-state index contributed by atoms with van der Waals surface area (Å²) < 4.78 is 1.79. The number of pyridine rings is 2. The van der Waals surface area contributed by atoms with Gasteiger partial charge in [-0.2, -0.15) is 0 Å². The molecule has 6 aromatic carbocycles. The van der Waals surface area contributed by atoms with E-state index in [2.05, 4.69) is 84.9 Å². The summed E-state index contributed by atoms with van der Waals surface area (Å²) in [6, 6.07) is 43.6. The molecule has 0 saturated carbocycles. The van der Waals surface area contributed by atoms with E-state index >= 15 is 0 Å². The fraction of sp³-hybridized carbons (Fsp3) is 0.0256. The Labute approximate surface area is 239 Å². The van der Waals surface area contributed by atoms with E-state index in [1.165, 1.54) is 27.8 Å². The molecule has 0 unspecified atom stereocenters. The molecule has 2 aliphatic rings. The Hall–Kier alpha value is -5.54. The van der Waals surface area contributed by atoms with Crippen molar-refractivity contribution in [1.82, 2.24) is 4.40 Å². The lowest BCUT2D eigenvalue weighted by atomic mass is 9.70. The summed E-state index contributed by atoms with van der Waals surface area (Å²) in [5, 5.41) is 3.58. The van der Waals surface area contributed by atoms with Crippen LogP contribution in [-0.2, 0) is 5.41 Å². The topological polar surface area (TPSA) is 38.5 Å². The van der Waals surface area contributed by atoms with Crippen molar-refractivity contribution < 1.29 is 0 Å². The molecule has 3 nitrogen and oxygen atoms in total. The van der Waals surface area contributed by atoms with Crippen molar-refractivity contribution in [2.45, 2.75) is 5.41 Å². The minimum absolute atomic E-state index is 0.0428. The summed E-state index contributed by atoms with van der Waals surface area (Å²) >= 11 is 0. The third kappa shape index (κ3) is 2.34. The second-order valence-corrected chi connectivity index (χ2v) is 11.5. The van der Waals surface area contributed by atoms with Crippen molar-refractivity contribution in [2.75, 3.05) is 0 Å². The Kier molecular flexibility index (Phi) is 3.91. The van der Waals surface area contributed by atoms with E-state index in [0.717, 1.165) is 27.5 Å². The largest absolute Gasteiger partial charge is 0.288 e. The molecule has 0 bridgehead atoms. The third-order valence-electron chi connectivity index (χ3n) is 9.75. The van der Waals surface area contributed by atoms with Gasteiger partial charge in [-0.1, -0.05) is 103 Å². The highest BCUT2D eigenvalue weighted by Gasteiger charge is 2.51. The molecule has 3 heteroatoms. The van der Waals surface area contributed by atoms with E-state index in [1.807, 2.05) is 42.5 Å². The van der Waals surface area contributed by atoms with Crippen LogP contribution in [-0.4, -0.2) is 4.40 Å². The fourth-order valence-electron chi connectivity index (χ4n) is 8.18. The van der Waals surface area contributed by atoms with Gasteiger partial charge in [0.2, 0.25) is 0 Å². The van der Waals surface area contributed by atoms with Gasteiger partial charge in [0, 0.05) is 21.5 Å². The van der Waals surface area contributed by atoms with Gasteiger partial charge in [-0.15, -0.1) is 0 Å². The molecule has 0 N–H and O–H groups in total. The van der Waals surface area contributed by atoms with Crippen LogP contribution in [0.3, 0.4) is 0 Å². The molecule has 2 aromatic heterocycles. The molecule has 2 heterocycles. The van der Waals surface area contributed by atoms with Crippen molar-refractivity contribution >= 4 is 38.0 Å². The fourth-order valence-corrected chi connectivity index (χ4v) is 8.18. The number of benzene rings is 6. The third-order valence-corrected chi connectivity index (χ3v) is 9.75. The van der Waals surface area contributed by atoms with Gasteiger partial charge in [-0.3, -0.25) is 14.0 Å². The molecule has 1 spiro atoms. The first kappa shape index (κ1) is 22.2. The van der Waals surface area contributed by atoms with Gasteiger partial charge < -0.3 is 0 Å². The zero-order valence-corrected chi connectivity index (χ0v) is 22.4. The van der Waals surface area contributed by atoms with Gasteiger partial charge in [0.25, 0.3) is 5.56 Å². The summed E-state index contributed by atoms with van der Waals surface area (Å²) in [6.07, 6.45) is 0. The zero-order valence-electron chi connectivity index (χ0n) is 22.4. The van der Waals surface area contributed by atoms with Crippen molar-refractivity contribution in [3.05, 3.63) is 170 Å². The van der Waals surface area contributed by atoms with Crippen LogP contribution in [0.5, 0.6) is 0 Å². The van der Waals surface area contributed by atoms with E-state index < -0.39 is 5.41 Å². The second-order valence-electron chi connectivity index (χ2n) is 11.5. The summed E-state index contributed by atoms with van der Waals surface area (Å²) in [6.45, 7) is 0. The Balaban J connectivity index is 1.47. The van der Waals surface area contributed by atoms with Crippen LogP contribution in [0, 0.1) is 0 Å². The molecule has 8 aromatic rings. The lowest BCUT2D eigenvalue weighted by Crippen LogP contribution is -2.26. The minimum Gasteiger partial charge on any atom is -0.288 e. The zero-order chi connectivity index (χ0) is 27.7. The van der Waals surface area contributed by atoms with Gasteiger partial charge in [0.1, 0.15) is 0 Å². The highest BCUT2D eigenvalue weighted by atomic mass is 16.1. The minimum atomic E-state index is -0.547. The monoisotopic (exact) mass is 535 g/mol. The summed E-state index contributed by atoms with van der Waals surface area (Å²) in [4.78, 5) is 28.6. The number of nitrogens with zero attached hydrogens (tertiary/aromatic N) is 1. The van der Waals surface area contributed by atoms with Crippen LogP contribution >= 0.6 is 0 Å². The van der Waals surface area contributed by atoms with Gasteiger partial charge in [0.05, 0.1) is 16.4 Å². The van der Waals surface area contributed by atoms with Gasteiger partial charge in [-0.25, -0.2) is 0 Å². The van der Waals surface area contributed by atoms with Crippen LogP contribution < -0.4 is 11.0 Å². The Morgan fingerprint density at radius 1 is 0.429 bits per heavy atom. The summed E-state index contributed by atoms with van der Waals surface area (Å²) in [5.41, 5.74) is 10.1. The molecule has 0 aliphatic heterocycles. The molecular weight excluding hydrogens is 514 g/mol. The van der Waals surface area contributed by atoms with Crippen LogP contribution in [0.15, 0.2) is 137 Å². The van der Waals surface area contributed by atoms with Crippen LogP contribution in [0.25, 0.3) is 60.2 Å². The number of fused-ring (bicyclic) bond motifs is 14. The first-order valence-electron chi connectivity index (χ1n) is 14.3. The maximum Gasteiger partial charge on any atom is 0.263 e. The first-order valence-corrected chi connectivity index (χ1v) is 14.3. The maximum absolute atomic E-state index is 14.4. The van der Waals surface area contributed by atoms with Crippen LogP contribution in [0.4, 0.5) is 0 Å². The van der Waals surface area contributed by atoms with E-state index in [9.17, 15) is 9.59 Å². The maximum atomic E-state index is 14.4. The van der Waals surface area contributed by atoms with Crippen molar-refractivity contribution in [1.29, 1.82) is 0 Å². The standard InChI is InChI=1S/C39H21NO2/c41-37-28-16-9-15-26-22-10-1-2-14-27(22)38(42)40(36(26)28)35-21-29-25-13-5-8-19-33(25)39(34(29)20-30(35)37)31-17-6-3-11-23(31)24-12-4-7-18-32(24)39/h1-21H. The normalized spacial score (nSPS) is 14.1. The number of para-hydroxylation sites is 1.